The van der Waals surface area contributed by atoms with Gasteiger partial charge in [-0.15, -0.1) is 0 Å². The molecule has 2 bridgehead atoms. The van der Waals surface area contributed by atoms with Gasteiger partial charge in [0.2, 0.25) is 0 Å². The number of aliphatic hydroxyl groups is 2. The van der Waals surface area contributed by atoms with E-state index in [1.807, 2.05) is 48.5 Å². The summed E-state index contributed by atoms with van der Waals surface area (Å²) in [6.07, 6.45) is 0.210. The molecule has 4 atom stereocenters. The van der Waals surface area contributed by atoms with Gasteiger partial charge in [0.15, 0.2) is 0 Å². The third-order valence-corrected chi connectivity index (χ3v) is 7.21. The van der Waals surface area contributed by atoms with Crippen LogP contribution in [0.15, 0.2) is 60.7 Å². The molecule has 1 saturated carbocycles. The largest absolute Gasteiger partial charge is 0.392 e. The normalized spacial score (nSPS) is 29.8. The first-order valence-corrected chi connectivity index (χ1v) is 11.5. The number of ketones is 1. The van der Waals surface area contributed by atoms with E-state index in [4.69, 9.17) is 0 Å². The molecule has 0 spiro atoms. The zero-order chi connectivity index (χ0) is 22.1. The molecule has 3 unspecified atom stereocenters. The van der Waals surface area contributed by atoms with Gasteiger partial charge >= 0.3 is 0 Å². The Labute approximate surface area is 185 Å². The number of carbonyl (C=O) groups excluding carboxylic acids is 1. The second-order valence-electron chi connectivity index (χ2n) is 10.3. The fourth-order valence-corrected chi connectivity index (χ4v) is 6.14. The summed E-state index contributed by atoms with van der Waals surface area (Å²) >= 11 is 0. The van der Waals surface area contributed by atoms with E-state index < -0.39 is 23.0 Å². The highest BCUT2D eigenvalue weighted by Crippen LogP contribution is 2.53. The smallest absolute Gasteiger partial charge is 0.134 e. The van der Waals surface area contributed by atoms with Crippen LogP contribution in [0.1, 0.15) is 37.8 Å². The first-order chi connectivity index (χ1) is 14.8. The van der Waals surface area contributed by atoms with Crippen molar-refractivity contribution < 1.29 is 15.0 Å². The third-order valence-electron chi connectivity index (χ3n) is 7.21. The molecule has 2 aromatic carbocycles. The van der Waals surface area contributed by atoms with Gasteiger partial charge in [0.1, 0.15) is 5.78 Å². The molecule has 1 saturated heterocycles. The Bertz CT molecular complexity index is 884. The highest BCUT2D eigenvalue weighted by Gasteiger charge is 2.62. The van der Waals surface area contributed by atoms with Crippen molar-refractivity contribution in [3.05, 3.63) is 71.8 Å². The lowest BCUT2D eigenvalue weighted by molar-refractivity contribution is -0.204. The molecule has 31 heavy (non-hydrogen) atoms. The highest BCUT2D eigenvalue weighted by molar-refractivity contribution is 5.82. The molecule has 2 N–H and O–H groups in total. The summed E-state index contributed by atoms with van der Waals surface area (Å²) in [4.78, 5) is 15.5. The van der Waals surface area contributed by atoms with Crippen molar-refractivity contribution in [3.63, 3.8) is 0 Å². The maximum Gasteiger partial charge on any atom is 0.134 e. The summed E-state index contributed by atoms with van der Waals surface area (Å²) in [7, 11) is 0. The lowest BCUT2D eigenvalue weighted by Gasteiger charge is -2.60. The number of fused-ring (bicyclic) bond motifs is 2. The Morgan fingerprint density at radius 2 is 1.58 bits per heavy atom. The molecule has 1 aliphatic heterocycles. The monoisotopic (exact) mass is 421 g/mol. The number of Topliss-reactive ketones (excluding diaryl/α,β-unsaturated/α-hetero) is 1. The molecule has 0 amide bonds. The number of hydrogen-bond donors (Lipinski definition) is 2. The molecule has 4 heteroatoms. The van der Waals surface area contributed by atoms with E-state index >= 15 is 0 Å². The zero-order valence-corrected chi connectivity index (χ0v) is 18.7. The van der Waals surface area contributed by atoms with Gasteiger partial charge in [-0.2, -0.15) is 0 Å². The number of rotatable bonds is 7. The molecule has 2 aromatic rings. The van der Waals surface area contributed by atoms with Crippen molar-refractivity contribution in [1.29, 1.82) is 0 Å². The Morgan fingerprint density at radius 1 is 0.968 bits per heavy atom. The van der Waals surface area contributed by atoms with Crippen LogP contribution < -0.4 is 0 Å². The highest BCUT2D eigenvalue weighted by atomic mass is 16.3. The standard InChI is InChI=1S/C27H35NO3/c1-20(2)17-28-18-26(14-22-11-7-4-8-12-22)15-23(29)16-27(19-28,25(26)31)24(30)13-21-9-5-3-6-10-21/h3-12,20,24-25,30-31H,13-19H2,1-2H3/t24-,25?,26?,27?/m0/s1. The van der Waals surface area contributed by atoms with Gasteiger partial charge < -0.3 is 15.1 Å². The van der Waals surface area contributed by atoms with Crippen molar-refractivity contribution in [2.75, 3.05) is 19.6 Å². The Hall–Kier alpha value is -2.01. The SMILES string of the molecule is CC(C)CN1CC2(Cc3ccccc3)CC(=O)CC([C@@H](O)Cc3ccccc3)(C1)C2O. The molecular weight excluding hydrogens is 386 g/mol. The average molecular weight is 422 g/mol. The zero-order valence-electron chi connectivity index (χ0n) is 18.7. The Balaban J connectivity index is 1.71. The number of likely N-dealkylation sites (tertiary alicyclic amines) is 1. The lowest BCUT2D eigenvalue weighted by atomic mass is 9.52. The van der Waals surface area contributed by atoms with Crippen LogP contribution in [0.3, 0.4) is 0 Å². The number of aliphatic hydroxyl groups excluding tert-OH is 2. The van der Waals surface area contributed by atoms with Gasteiger partial charge in [0, 0.05) is 43.3 Å². The van der Waals surface area contributed by atoms with E-state index in [9.17, 15) is 15.0 Å². The molecule has 4 rings (SSSR count). The van der Waals surface area contributed by atoms with Gasteiger partial charge in [-0.1, -0.05) is 74.5 Å². The number of piperidine rings is 1. The van der Waals surface area contributed by atoms with Crippen molar-refractivity contribution in [2.45, 2.75) is 51.7 Å². The first-order valence-electron chi connectivity index (χ1n) is 11.5. The minimum atomic E-state index is -0.840. The first kappa shape index (κ1) is 22.2. The number of benzene rings is 2. The summed E-state index contributed by atoms with van der Waals surface area (Å²) in [5.41, 5.74) is 0.757. The summed E-state index contributed by atoms with van der Waals surface area (Å²) < 4.78 is 0. The quantitative estimate of drug-likeness (QED) is 0.718. The van der Waals surface area contributed by atoms with E-state index in [1.54, 1.807) is 0 Å². The molecule has 166 valence electrons. The van der Waals surface area contributed by atoms with Gasteiger partial charge in [0.25, 0.3) is 0 Å². The van der Waals surface area contributed by atoms with Crippen LogP contribution in [0.5, 0.6) is 0 Å². The second-order valence-corrected chi connectivity index (χ2v) is 10.3. The van der Waals surface area contributed by atoms with Crippen LogP contribution in [0, 0.1) is 16.7 Å². The number of hydrogen-bond acceptors (Lipinski definition) is 4. The van der Waals surface area contributed by atoms with E-state index in [-0.39, 0.29) is 12.2 Å². The summed E-state index contributed by atoms with van der Waals surface area (Å²) in [6, 6.07) is 20.1. The second kappa shape index (κ2) is 8.85. The van der Waals surface area contributed by atoms with Gasteiger partial charge in [-0.25, -0.2) is 0 Å². The minimum Gasteiger partial charge on any atom is -0.392 e. The molecule has 0 radical (unpaired) electrons. The van der Waals surface area contributed by atoms with E-state index in [2.05, 4.69) is 30.9 Å². The topological polar surface area (TPSA) is 60.8 Å². The van der Waals surface area contributed by atoms with Crippen LogP contribution in [0.25, 0.3) is 0 Å². The minimum absolute atomic E-state index is 0.164. The molecule has 2 aliphatic rings. The van der Waals surface area contributed by atoms with Crippen LogP contribution in [0.2, 0.25) is 0 Å². The fraction of sp³-hybridized carbons (Fsp3) is 0.519. The molecule has 1 heterocycles. The molecule has 2 fully saturated rings. The fourth-order valence-electron chi connectivity index (χ4n) is 6.14. The predicted molar refractivity (Wildman–Crippen MR) is 123 cm³/mol. The van der Waals surface area contributed by atoms with Gasteiger partial charge in [-0.05, 0) is 29.9 Å². The van der Waals surface area contributed by atoms with Crippen molar-refractivity contribution in [2.24, 2.45) is 16.7 Å². The van der Waals surface area contributed by atoms with Crippen LogP contribution >= 0.6 is 0 Å². The molecule has 1 aliphatic carbocycles. The van der Waals surface area contributed by atoms with Crippen molar-refractivity contribution >= 4 is 5.78 Å². The lowest BCUT2D eigenvalue weighted by Crippen LogP contribution is -2.70. The van der Waals surface area contributed by atoms with Crippen LogP contribution in [0.4, 0.5) is 0 Å². The van der Waals surface area contributed by atoms with E-state index in [0.29, 0.717) is 38.3 Å². The van der Waals surface area contributed by atoms with Crippen LogP contribution in [-0.4, -0.2) is 52.7 Å². The van der Waals surface area contributed by atoms with Crippen molar-refractivity contribution in [3.8, 4) is 0 Å². The van der Waals surface area contributed by atoms with Gasteiger partial charge in [0.05, 0.1) is 12.2 Å². The predicted octanol–water partition coefficient (Wildman–Crippen LogP) is 3.50. The van der Waals surface area contributed by atoms with Crippen LogP contribution in [-0.2, 0) is 17.6 Å². The summed E-state index contributed by atoms with van der Waals surface area (Å²) in [6.45, 7) is 6.54. The average Bonchev–Trinajstić information content (AvgIpc) is 2.71. The van der Waals surface area contributed by atoms with E-state index in [1.165, 1.54) is 0 Å². The third kappa shape index (κ3) is 4.48. The number of nitrogens with zero attached hydrogens (tertiary/aromatic N) is 1. The Kier molecular flexibility index (Phi) is 6.34. The Morgan fingerprint density at radius 3 is 2.19 bits per heavy atom. The van der Waals surface area contributed by atoms with Crippen molar-refractivity contribution in [1.82, 2.24) is 4.90 Å². The molecular formula is C27H35NO3. The summed E-state index contributed by atoms with van der Waals surface area (Å²) in [5.74, 6) is 0.640. The van der Waals surface area contributed by atoms with Gasteiger partial charge in [-0.3, -0.25) is 4.79 Å². The molecule has 0 aromatic heterocycles. The number of carbonyl (C=O) groups is 1. The maximum atomic E-state index is 13.1. The maximum absolute atomic E-state index is 13.1. The summed E-state index contributed by atoms with van der Waals surface area (Å²) in [5, 5.41) is 23.3. The molecule has 4 nitrogen and oxygen atoms in total. The van der Waals surface area contributed by atoms with E-state index in [0.717, 1.165) is 17.7 Å².